The minimum absolute atomic E-state index is 0. The maximum Gasteiger partial charge on any atom is 0.237 e. The molecule has 3 rings (SSSR count). The molecular weight excluding hydrogens is 316 g/mol. The highest BCUT2D eigenvalue weighted by molar-refractivity contribution is 5.85. The molecule has 1 atom stereocenters. The Morgan fingerprint density at radius 1 is 1.35 bits per heavy atom. The van der Waals surface area contributed by atoms with E-state index in [1.165, 1.54) is 0 Å². The molecule has 0 saturated carbocycles. The maximum atomic E-state index is 12.2. The molecule has 2 aromatic rings. The first-order valence-corrected chi connectivity index (χ1v) is 7.75. The third-order valence-corrected chi connectivity index (χ3v) is 4.44. The minimum atomic E-state index is -0.478. The molecule has 23 heavy (non-hydrogen) atoms. The zero-order valence-electron chi connectivity index (χ0n) is 13.2. The van der Waals surface area contributed by atoms with Gasteiger partial charge in [-0.1, -0.05) is 18.2 Å². The third-order valence-electron chi connectivity index (χ3n) is 4.44. The molecule has 1 aromatic heterocycles. The first-order chi connectivity index (χ1) is 10.7. The van der Waals surface area contributed by atoms with Gasteiger partial charge in [0.2, 0.25) is 5.91 Å². The van der Waals surface area contributed by atoms with Gasteiger partial charge < -0.3 is 20.2 Å². The summed E-state index contributed by atoms with van der Waals surface area (Å²) in [7, 11) is 0. The number of benzene rings is 1. The first kappa shape index (κ1) is 17.8. The fraction of sp³-hybridized carbons (Fsp3) is 0.471. The number of carbonyl (C=O) groups is 1. The van der Waals surface area contributed by atoms with Gasteiger partial charge in [0.1, 0.15) is 11.3 Å². The summed E-state index contributed by atoms with van der Waals surface area (Å²) in [5, 5.41) is 3.98. The number of halogens is 1. The molecular formula is C17H23ClN2O3. The van der Waals surface area contributed by atoms with Gasteiger partial charge in [0, 0.05) is 24.2 Å². The number of carbonyl (C=O) groups excluding carboxylic acids is 1. The minimum Gasteiger partial charge on any atom is -0.459 e. The van der Waals surface area contributed by atoms with Crippen molar-refractivity contribution in [3.63, 3.8) is 0 Å². The van der Waals surface area contributed by atoms with Crippen molar-refractivity contribution in [2.45, 2.75) is 32.4 Å². The van der Waals surface area contributed by atoms with Gasteiger partial charge >= 0.3 is 0 Å². The van der Waals surface area contributed by atoms with Gasteiger partial charge in [0.25, 0.3) is 0 Å². The summed E-state index contributed by atoms with van der Waals surface area (Å²) in [6, 6.07) is 7.39. The normalized spacial score (nSPS) is 16.8. The third kappa shape index (κ3) is 3.86. The number of nitrogens with one attached hydrogen (secondary N) is 1. The van der Waals surface area contributed by atoms with Crippen LogP contribution in [-0.4, -0.2) is 25.2 Å². The van der Waals surface area contributed by atoms with Crippen molar-refractivity contribution in [3.05, 3.63) is 35.6 Å². The Hall–Kier alpha value is -1.56. The molecule has 1 unspecified atom stereocenters. The number of para-hydroxylation sites is 1. The van der Waals surface area contributed by atoms with Crippen molar-refractivity contribution >= 4 is 29.3 Å². The Kier molecular flexibility index (Phi) is 6.04. The van der Waals surface area contributed by atoms with Crippen molar-refractivity contribution in [1.82, 2.24) is 5.32 Å². The molecule has 1 aromatic carbocycles. The van der Waals surface area contributed by atoms with Crippen molar-refractivity contribution < 1.29 is 13.9 Å². The Morgan fingerprint density at radius 2 is 2.04 bits per heavy atom. The average Bonchev–Trinajstić information content (AvgIpc) is 2.89. The number of fused-ring (bicyclic) bond motifs is 1. The highest BCUT2D eigenvalue weighted by Gasteiger charge is 2.26. The Morgan fingerprint density at radius 3 is 2.74 bits per heavy atom. The quantitative estimate of drug-likeness (QED) is 0.898. The molecule has 1 saturated heterocycles. The van der Waals surface area contributed by atoms with E-state index < -0.39 is 6.04 Å². The van der Waals surface area contributed by atoms with E-state index in [1.807, 2.05) is 31.2 Å². The highest BCUT2D eigenvalue weighted by atomic mass is 35.5. The number of hydrogen-bond donors (Lipinski definition) is 2. The molecule has 1 fully saturated rings. The molecule has 1 aliphatic rings. The molecule has 0 bridgehead atoms. The number of aryl methyl sites for hydroxylation is 1. The van der Waals surface area contributed by atoms with Crippen molar-refractivity contribution in [3.8, 4) is 0 Å². The fourth-order valence-corrected chi connectivity index (χ4v) is 2.97. The van der Waals surface area contributed by atoms with E-state index >= 15 is 0 Å². The fourth-order valence-electron chi connectivity index (χ4n) is 2.97. The molecule has 1 amide bonds. The number of ether oxygens (including phenoxy) is 1. The van der Waals surface area contributed by atoms with Crippen LogP contribution in [0.5, 0.6) is 0 Å². The predicted octanol–water partition coefficient (Wildman–Crippen LogP) is 2.53. The summed E-state index contributed by atoms with van der Waals surface area (Å²) >= 11 is 0. The lowest BCUT2D eigenvalue weighted by atomic mass is 9.92. The summed E-state index contributed by atoms with van der Waals surface area (Å²) in [6.45, 7) is 3.75. The topological polar surface area (TPSA) is 77.5 Å². The molecule has 126 valence electrons. The number of hydrogen-bond acceptors (Lipinski definition) is 4. The zero-order chi connectivity index (χ0) is 15.5. The molecule has 1 aliphatic heterocycles. The van der Waals surface area contributed by atoms with Crippen LogP contribution < -0.4 is 11.1 Å². The van der Waals surface area contributed by atoms with Gasteiger partial charge in [-0.3, -0.25) is 4.79 Å². The molecule has 5 nitrogen and oxygen atoms in total. The van der Waals surface area contributed by atoms with Crippen LogP contribution in [-0.2, 0) is 16.1 Å². The second kappa shape index (κ2) is 7.81. The van der Waals surface area contributed by atoms with Crippen LogP contribution >= 0.6 is 12.4 Å². The summed E-state index contributed by atoms with van der Waals surface area (Å²) in [5.41, 5.74) is 7.98. The van der Waals surface area contributed by atoms with Gasteiger partial charge in [-0.25, -0.2) is 0 Å². The van der Waals surface area contributed by atoms with Crippen LogP contribution in [0.4, 0.5) is 0 Å². The first-order valence-electron chi connectivity index (χ1n) is 7.75. The van der Waals surface area contributed by atoms with Crippen LogP contribution in [0, 0.1) is 12.8 Å². The van der Waals surface area contributed by atoms with Crippen molar-refractivity contribution in [2.24, 2.45) is 11.7 Å². The molecule has 0 spiro atoms. The van der Waals surface area contributed by atoms with Gasteiger partial charge in [-0.15, -0.1) is 12.4 Å². The van der Waals surface area contributed by atoms with E-state index in [0.29, 0.717) is 19.8 Å². The highest BCUT2D eigenvalue weighted by Crippen LogP contribution is 2.25. The van der Waals surface area contributed by atoms with Crippen LogP contribution in [0.3, 0.4) is 0 Å². The van der Waals surface area contributed by atoms with Gasteiger partial charge in [0.05, 0.1) is 12.6 Å². The standard InChI is InChI=1S/C17H22N2O3.ClH/c1-11-13-4-2-3-5-14(13)22-15(11)10-19-17(20)16(18)12-6-8-21-9-7-12;/h2-5,12,16H,6-10,18H2,1H3,(H,19,20);1H. The average molecular weight is 339 g/mol. The Balaban J connectivity index is 0.00000192. The van der Waals surface area contributed by atoms with E-state index in [2.05, 4.69) is 5.32 Å². The summed E-state index contributed by atoms with van der Waals surface area (Å²) in [5.74, 6) is 0.867. The number of amides is 1. The van der Waals surface area contributed by atoms with Crippen LogP contribution in [0.15, 0.2) is 28.7 Å². The van der Waals surface area contributed by atoms with E-state index in [1.54, 1.807) is 0 Å². The van der Waals surface area contributed by atoms with E-state index in [9.17, 15) is 4.79 Å². The molecule has 0 radical (unpaired) electrons. The molecule has 2 heterocycles. The second-order valence-electron chi connectivity index (χ2n) is 5.84. The summed E-state index contributed by atoms with van der Waals surface area (Å²) in [6.07, 6.45) is 1.69. The lowest BCUT2D eigenvalue weighted by molar-refractivity contribution is -0.124. The van der Waals surface area contributed by atoms with Crippen LogP contribution in [0.1, 0.15) is 24.2 Å². The molecule has 6 heteroatoms. The number of rotatable bonds is 4. The van der Waals surface area contributed by atoms with Gasteiger partial charge in [-0.2, -0.15) is 0 Å². The lowest BCUT2D eigenvalue weighted by Crippen LogP contribution is -2.46. The largest absolute Gasteiger partial charge is 0.459 e. The second-order valence-corrected chi connectivity index (χ2v) is 5.84. The predicted molar refractivity (Wildman–Crippen MR) is 91.6 cm³/mol. The van der Waals surface area contributed by atoms with Crippen LogP contribution in [0.25, 0.3) is 11.0 Å². The van der Waals surface area contributed by atoms with Gasteiger partial charge in [-0.05, 0) is 31.7 Å². The summed E-state index contributed by atoms with van der Waals surface area (Å²) < 4.78 is 11.1. The number of nitrogens with two attached hydrogens (primary N) is 1. The zero-order valence-corrected chi connectivity index (χ0v) is 14.0. The van der Waals surface area contributed by atoms with Crippen molar-refractivity contribution in [2.75, 3.05) is 13.2 Å². The molecule has 0 aliphatic carbocycles. The Labute approximate surface area is 142 Å². The van der Waals surface area contributed by atoms with Crippen LogP contribution in [0.2, 0.25) is 0 Å². The molecule has 3 N–H and O–H groups in total. The van der Waals surface area contributed by atoms with Gasteiger partial charge in [0.15, 0.2) is 0 Å². The number of furan rings is 1. The SMILES string of the molecule is Cc1c(CNC(=O)C(N)C2CCOCC2)oc2ccccc12.Cl. The smallest absolute Gasteiger partial charge is 0.237 e. The van der Waals surface area contributed by atoms with Crippen molar-refractivity contribution in [1.29, 1.82) is 0 Å². The lowest BCUT2D eigenvalue weighted by Gasteiger charge is -2.26. The van der Waals surface area contributed by atoms with E-state index in [4.69, 9.17) is 14.9 Å². The maximum absolute atomic E-state index is 12.2. The Bertz CT molecular complexity index is 665. The van der Waals surface area contributed by atoms with E-state index in [0.717, 1.165) is 35.1 Å². The monoisotopic (exact) mass is 338 g/mol. The van der Waals surface area contributed by atoms with E-state index in [-0.39, 0.29) is 24.2 Å². The summed E-state index contributed by atoms with van der Waals surface area (Å²) in [4.78, 5) is 12.2.